The third kappa shape index (κ3) is 14.2. The van der Waals surface area contributed by atoms with Gasteiger partial charge in [0.15, 0.2) is 0 Å². The predicted molar refractivity (Wildman–Crippen MR) is 94.8 cm³/mol. The number of unbranched alkanes of at least 4 members (excludes halogenated alkanes) is 13. The fourth-order valence-electron chi connectivity index (χ4n) is 2.73. The molecule has 0 aromatic carbocycles. The fourth-order valence-corrected chi connectivity index (χ4v) is 2.73. The summed E-state index contributed by atoms with van der Waals surface area (Å²) in [7, 11) is 0. The molecule has 0 aromatic heterocycles. The van der Waals surface area contributed by atoms with Crippen molar-refractivity contribution in [2.75, 3.05) is 0 Å². The van der Waals surface area contributed by atoms with E-state index < -0.39 is 17.5 Å². The maximum atomic E-state index is 10.4. The van der Waals surface area contributed by atoms with E-state index in [1.54, 1.807) is 0 Å². The van der Waals surface area contributed by atoms with Crippen LogP contribution in [0.4, 0.5) is 0 Å². The zero-order chi connectivity index (χ0) is 17.3. The Balaban J connectivity index is 3.25. The molecule has 0 saturated heterocycles. The van der Waals surface area contributed by atoms with Crippen LogP contribution in [-0.4, -0.2) is 21.3 Å². The minimum Gasteiger partial charge on any atom is -0.508 e. The maximum Gasteiger partial charge on any atom is 0.374 e. The first-order valence-electron chi connectivity index (χ1n) is 9.44. The molecule has 4 nitrogen and oxygen atoms in total. The van der Waals surface area contributed by atoms with Crippen LogP contribution in [0.25, 0.3) is 0 Å². The first kappa shape index (κ1) is 21.8. The molecular formula is C19H36O4. The Hall–Kier alpha value is -1.19. The van der Waals surface area contributed by atoms with Crippen molar-refractivity contribution in [3.8, 4) is 0 Å². The van der Waals surface area contributed by atoms with Crippen molar-refractivity contribution in [2.24, 2.45) is 0 Å². The van der Waals surface area contributed by atoms with Gasteiger partial charge in [-0.2, -0.15) is 0 Å². The molecule has 0 heterocycles. The van der Waals surface area contributed by atoms with Crippen molar-refractivity contribution in [1.82, 2.24) is 0 Å². The third-order valence-electron chi connectivity index (χ3n) is 4.24. The molecule has 0 amide bonds. The number of aliphatic carboxylic acids is 1. The Morgan fingerprint density at radius 3 is 1.30 bits per heavy atom. The van der Waals surface area contributed by atoms with E-state index in [9.17, 15) is 9.90 Å². The molecule has 0 saturated carbocycles. The summed E-state index contributed by atoms with van der Waals surface area (Å²) in [5.41, 5.74) is 0. The summed E-state index contributed by atoms with van der Waals surface area (Å²) < 4.78 is 0. The second-order valence-electron chi connectivity index (χ2n) is 6.45. The second-order valence-corrected chi connectivity index (χ2v) is 6.45. The number of carboxylic acids is 1. The molecule has 0 radical (unpaired) electrons. The number of allylic oxidation sites excluding steroid dienone is 1. The van der Waals surface area contributed by atoms with Crippen LogP contribution in [0.5, 0.6) is 0 Å². The first-order chi connectivity index (χ1) is 11.1. The number of hydrogen-bond acceptors (Lipinski definition) is 3. The molecule has 0 bridgehead atoms. The third-order valence-corrected chi connectivity index (χ3v) is 4.24. The lowest BCUT2D eigenvalue weighted by molar-refractivity contribution is -0.135. The monoisotopic (exact) mass is 328 g/mol. The minimum absolute atomic E-state index is 0.246. The van der Waals surface area contributed by atoms with Gasteiger partial charge in [0.2, 0.25) is 5.76 Å². The number of aliphatic hydroxyl groups excluding tert-OH is 2. The highest BCUT2D eigenvalue weighted by atomic mass is 16.4. The number of aliphatic hydroxyl groups is 2. The molecule has 0 spiro atoms. The van der Waals surface area contributed by atoms with E-state index in [0.717, 1.165) is 19.3 Å². The molecule has 0 aliphatic heterocycles. The van der Waals surface area contributed by atoms with Crippen LogP contribution in [0.3, 0.4) is 0 Å². The van der Waals surface area contributed by atoms with Crippen LogP contribution in [0.15, 0.2) is 11.5 Å². The predicted octanol–water partition coefficient (Wildman–Crippen LogP) is 6.27. The Labute approximate surface area is 141 Å². The van der Waals surface area contributed by atoms with Crippen LogP contribution in [0, 0.1) is 0 Å². The minimum atomic E-state index is -1.46. The van der Waals surface area contributed by atoms with Crippen molar-refractivity contribution < 1.29 is 20.1 Å². The molecule has 4 heteroatoms. The van der Waals surface area contributed by atoms with Gasteiger partial charge < -0.3 is 15.3 Å². The molecule has 3 N–H and O–H groups in total. The maximum absolute atomic E-state index is 10.4. The van der Waals surface area contributed by atoms with Gasteiger partial charge in [-0.3, -0.25) is 0 Å². The fraction of sp³-hybridized carbons (Fsp3) is 0.842. The summed E-state index contributed by atoms with van der Waals surface area (Å²) >= 11 is 0. The summed E-state index contributed by atoms with van der Waals surface area (Å²) in [5.74, 6) is -2.79. The van der Waals surface area contributed by atoms with Gasteiger partial charge in [0.1, 0.15) is 5.76 Å². The molecule has 0 atom stereocenters. The van der Waals surface area contributed by atoms with Crippen molar-refractivity contribution in [2.45, 2.75) is 103 Å². The van der Waals surface area contributed by atoms with Gasteiger partial charge in [0.05, 0.1) is 0 Å². The van der Waals surface area contributed by atoms with E-state index in [2.05, 4.69) is 6.92 Å². The van der Waals surface area contributed by atoms with Gasteiger partial charge in [-0.05, 0) is 6.42 Å². The summed E-state index contributed by atoms with van der Waals surface area (Å²) in [4.78, 5) is 10.4. The van der Waals surface area contributed by atoms with E-state index in [-0.39, 0.29) is 6.42 Å². The van der Waals surface area contributed by atoms with Crippen LogP contribution in [0.1, 0.15) is 103 Å². The van der Waals surface area contributed by atoms with Crippen LogP contribution in [-0.2, 0) is 4.79 Å². The van der Waals surface area contributed by atoms with E-state index in [0.29, 0.717) is 0 Å². The standard InChI is InChI=1S/C19H36O4/c1-2-3-4-5-6-7-8-9-10-11-12-13-14-15-16-17(20)18(21)19(22)23/h20-21H,2-16H2,1H3,(H,22,23). The van der Waals surface area contributed by atoms with Gasteiger partial charge in [-0.15, -0.1) is 0 Å². The number of carboxylic acid groups (broad SMARTS) is 1. The van der Waals surface area contributed by atoms with Gasteiger partial charge in [0.25, 0.3) is 0 Å². The van der Waals surface area contributed by atoms with E-state index in [1.165, 1.54) is 70.6 Å². The van der Waals surface area contributed by atoms with Crippen molar-refractivity contribution in [3.05, 3.63) is 11.5 Å². The molecule has 0 aliphatic carbocycles. The Morgan fingerprint density at radius 2 is 0.957 bits per heavy atom. The zero-order valence-electron chi connectivity index (χ0n) is 14.9. The van der Waals surface area contributed by atoms with Gasteiger partial charge in [-0.25, -0.2) is 4.79 Å². The van der Waals surface area contributed by atoms with Crippen LogP contribution >= 0.6 is 0 Å². The van der Waals surface area contributed by atoms with E-state index in [4.69, 9.17) is 10.2 Å². The number of hydrogen-bond donors (Lipinski definition) is 3. The van der Waals surface area contributed by atoms with Gasteiger partial charge >= 0.3 is 5.97 Å². The quantitative estimate of drug-likeness (QED) is 0.177. The first-order valence-corrected chi connectivity index (χ1v) is 9.44. The Morgan fingerprint density at radius 1 is 0.609 bits per heavy atom. The summed E-state index contributed by atoms with van der Waals surface area (Å²) in [6, 6.07) is 0. The van der Waals surface area contributed by atoms with Crippen LogP contribution < -0.4 is 0 Å². The second kappa shape index (κ2) is 15.7. The van der Waals surface area contributed by atoms with Crippen molar-refractivity contribution >= 4 is 5.97 Å². The zero-order valence-corrected chi connectivity index (χ0v) is 14.9. The largest absolute Gasteiger partial charge is 0.508 e. The molecule has 0 aromatic rings. The van der Waals surface area contributed by atoms with Crippen LogP contribution in [0.2, 0.25) is 0 Å². The Bertz CT molecular complexity index is 323. The topological polar surface area (TPSA) is 77.8 Å². The highest BCUT2D eigenvalue weighted by Gasteiger charge is 2.10. The lowest BCUT2D eigenvalue weighted by Crippen LogP contribution is -2.03. The number of carbonyl (C=O) groups is 1. The van der Waals surface area contributed by atoms with Gasteiger partial charge in [-0.1, -0.05) is 90.4 Å². The molecular weight excluding hydrogens is 292 g/mol. The molecule has 136 valence electrons. The van der Waals surface area contributed by atoms with E-state index >= 15 is 0 Å². The SMILES string of the molecule is CCCCCCCCCCCCCCCCC(O)=C(O)C(=O)O. The summed E-state index contributed by atoms with van der Waals surface area (Å²) in [6.07, 6.45) is 17.8. The average molecular weight is 328 g/mol. The number of rotatable bonds is 16. The molecule has 0 fully saturated rings. The summed E-state index contributed by atoms with van der Waals surface area (Å²) in [5, 5.41) is 26.9. The highest BCUT2D eigenvalue weighted by Crippen LogP contribution is 2.14. The molecule has 23 heavy (non-hydrogen) atoms. The summed E-state index contributed by atoms with van der Waals surface area (Å²) in [6.45, 7) is 2.25. The van der Waals surface area contributed by atoms with Crippen molar-refractivity contribution in [1.29, 1.82) is 0 Å². The molecule has 0 aliphatic rings. The lowest BCUT2D eigenvalue weighted by atomic mass is 10.0. The Kier molecular flexibility index (Phi) is 14.9. The molecule has 0 unspecified atom stereocenters. The normalized spacial score (nSPS) is 12.2. The molecule has 0 rings (SSSR count). The average Bonchev–Trinajstić information content (AvgIpc) is 2.54. The lowest BCUT2D eigenvalue weighted by Gasteiger charge is -2.04. The smallest absolute Gasteiger partial charge is 0.374 e. The highest BCUT2D eigenvalue weighted by molar-refractivity contribution is 5.84. The van der Waals surface area contributed by atoms with Gasteiger partial charge in [0, 0.05) is 6.42 Å². The van der Waals surface area contributed by atoms with Crippen molar-refractivity contribution in [3.63, 3.8) is 0 Å². The van der Waals surface area contributed by atoms with E-state index in [1.807, 2.05) is 0 Å².